The highest BCUT2D eigenvalue weighted by Crippen LogP contribution is 2.47. The van der Waals surface area contributed by atoms with Crippen molar-refractivity contribution in [3.8, 4) is 0 Å². The van der Waals surface area contributed by atoms with Gasteiger partial charge >= 0.3 is 0 Å². The second-order valence-electron chi connectivity index (χ2n) is 7.01. The van der Waals surface area contributed by atoms with Crippen molar-refractivity contribution in [3.63, 3.8) is 0 Å². The molecule has 0 bridgehead atoms. The SMILES string of the molecule is CC12c3ccc(Cl)cc3CC(=O)N1CCc1c2[nH]c2ccc(Cl)cc12. The summed E-state index contributed by atoms with van der Waals surface area (Å²) in [5.41, 5.74) is 5.07. The Morgan fingerprint density at radius 1 is 1.12 bits per heavy atom. The fraction of sp³-hybridized carbons (Fsp3) is 0.250. The maximum atomic E-state index is 12.8. The molecule has 2 aliphatic rings. The van der Waals surface area contributed by atoms with Crippen LogP contribution >= 0.6 is 23.2 Å². The molecular weight excluding hydrogens is 355 g/mol. The summed E-state index contributed by atoms with van der Waals surface area (Å²) in [6.07, 6.45) is 1.24. The number of halogens is 2. The van der Waals surface area contributed by atoms with Crippen LogP contribution in [-0.4, -0.2) is 22.3 Å². The van der Waals surface area contributed by atoms with Crippen LogP contribution in [0.2, 0.25) is 10.0 Å². The van der Waals surface area contributed by atoms with E-state index in [0.29, 0.717) is 18.0 Å². The van der Waals surface area contributed by atoms with Gasteiger partial charge in [0.1, 0.15) is 5.54 Å². The molecule has 0 radical (unpaired) electrons. The summed E-state index contributed by atoms with van der Waals surface area (Å²) in [4.78, 5) is 18.4. The minimum atomic E-state index is -0.506. The van der Waals surface area contributed by atoms with Gasteiger partial charge in [-0.05, 0) is 60.4 Å². The molecule has 0 spiro atoms. The van der Waals surface area contributed by atoms with E-state index in [4.69, 9.17) is 23.2 Å². The molecule has 2 aliphatic heterocycles. The van der Waals surface area contributed by atoms with E-state index < -0.39 is 5.54 Å². The summed E-state index contributed by atoms with van der Waals surface area (Å²) < 4.78 is 0. The smallest absolute Gasteiger partial charge is 0.228 e. The Hall–Kier alpha value is -1.97. The molecule has 3 nitrogen and oxygen atoms in total. The molecule has 1 atom stereocenters. The molecule has 0 aliphatic carbocycles. The number of amides is 1. The molecule has 2 aromatic carbocycles. The van der Waals surface area contributed by atoms with Crippen molar-refractivity contribution in [3.05, 3.63) is 68.8 Å². The Labute approximate surface area is 155 Å². The van der Waals surface area contributed by atoms with Crippen LogP contribution < -0.4 is 0 Å². The van der Waals surface area contributed by atoms with E-state index in [1.54, 1.807) is 0 Å². The summed E-state index contributed by atoms with van der Waals surface area (Å²) in [7, 11) is 0. The highest BCUT2D eigenvalue weighted by atomic mass is 35.5. The van der Waals surface area contributed by atoms with E-state index in [0.717, 1.165) is 39.2 Å². The number of fused-ring (bicyclic) bond motifs is 7. The number of carbonyl (C=O) groups is 1. The van der Waals surface area contributed by atoms with Gasteiger partial charge in [-0.15, -0.1) is 0 Å². The lowest BCUT2D eigenvalue weighted by Crippen LogP contribution is -2.56. The van der Waals surface area contributed by atoms with Crippen LogP contribution in [0.25, 0.3) is 10.9 Å². The lowest BCUT2D eigenvalue weighted by atomic mass is 9.75. The van der Waals surface area contributed by atoms with Gasteiger partial charge in [-0.25, -0.2) is 0 Å². The van der Waals surface area contributed by atoms with Crippen LogP contribution in [0.3, 0.4) is 0 Å². The first-order valence-electron chi connectivity index (χ1n) is 8.38. The highest BCUT2D eigenvalue weighted by Gasteiger charge is 2.48. The number of aromatic amines is 1. The number of carbonyl (C=O) groups excluding carboxylic acids is 1. The summed E-state index contributed by atoms with van der Waals surface area (Å²) in [5.74, 6) is 0.152. The van der Waals surface area contributed by atoms with Crippen LogP contribution in [0, 0.1) is 0 Å². The first-order chi connectivity index (χ1) is 12.0. The van der Waals surface area contributed by atoms with E-state index in [-0.39, 0.29) is 5.91 Å². The van der Waals surface area contributed by atoms with Gasteiger partial charge in [0.25, 0.3) is 0 Å². The molecule has 5 rings (SSSR count). The van der Waals surface area contributed by atoms with E-state index in [2.05, 4.69) is 18.0 Å². The number of hydrogen-bond donors (Lipinski definition) is 1. The number of H-pyrrole nitrogens is 1. The fourth-order valence-corrected chi connectivity index (χ4v) is 4.94. The van der Waals surface area contributed by atoms with E-state index >= 15 is 0 Å². The van der Waals surface area contributed by atoms with Crippen molar-refractivity contribution >= 4 is 40.0 Å². The number of nitrogens with one attached hydrogen (secondary N) is 1. The van der Waals surface area contributed by atoms with Crippen LogP contribution in [0.5, 0.6) is 0 Å². The van der Waals surface area contributed by atoms with Crippen LogP contribution in [0.4, 0.5) is 0 Å². The van der Waals surface area contributed by atoms with Crippen molar-refractivity contribution in [2.24, 2.45) is 0 Å². The first kappa shape index (κ1) is 15.3. The molecule has 126 valence electrons. The number of nitrogens with zero attached hydrogens (tertiary/aromatic N) is 1. The molecule has 25 heavy (non-hydrogen) atoms. The van der Waals surface area contributed by atoms with Gasteiger partial charge in [-0.1, -0.05) is 29.3 Å². The van der Waals surface area contributed by atoms with Gasteiger partial charge in [0.2, 0.25) is 5.91 Å². The van der Waals surface area contributed by atoms with Gasteiger partial charge in [-0.2, -0.15) is 0 Å². The Balaban J connectivity index is 1.84. The number of rotatable bonds is 0. The van der Waals surface area contributed by atoms with Crippen molar-refractivity contribution in [1.29, 1.82) is 0 Å². The fourth-order valence-electron chi connectivity index (χ4n) is 4.57. The van der Waals surface area contributed by atoms with Crippen molar-refractivity contribution < 1.29 is 4.79 Å². The van der Waals surface area contributed by atoms with Crippen molar-refractivity contribution in [2.45, 2.75) is 25.3 Å². The van der Waals surface area contributed by atoms with Gasteiger partial charge in [0.15, 0.2) is 0 Å². The minimum absolute atomic E-state index is 0.152. The van der Waals surface area contributed by atoms with E-state index in [1.165, 1.54) is 5.56 Å². The maximum Gasteiger partial charge on any atom is 0.228 e. The largest absolute Gasteiger partial charge is 0.356 e. The number of benzene rings is 2. The molecule has 3 heterocycles. The van der Waals surface area contributed by atoms with Gasteiger partial charge in [0, 0.05) is 33.2 Å². The summed E-state index contributed by atoms with van der Waals surface area (Å²) in [5, 5.41) is 2.55. The topological polar surface area (TPSA) is 36.1 Å². The lowest BCUT2D eigenvalue weighted by Gasteiger charge is -2.48. The lowest BCUT2D eigenvalue weighted by molar-refractivity contribution is -0.137. The monoisotopic (exact) mass is 370 g/mol. The van der Waals surface area contributed by atoms with Crippen LogP contribution in [-0.2, 0) is 23.2 Å². The zero-order chi connectivity index (χ0) is 17.3. The second kappa shape index (κ2) is 5.03. The van der Waals surface area contributed by atoms with Gasteiger partial charge in [-0.3, -0.25) is 4.79 Å². The third-order valence-corrected chi connectivity index (χ3v) is 6.18. The molecular formula is C20H16Cl2N2O. The summed E-state index contributed by atoms with van der Waals surface area (Å²) >= 11 is 12.4. The Bertz CT molecular complexity index is 1060. The number of hydrogen-bond acceptors (Lipinski definition) is 1. The van der Waals surface area contributed by atoms with Crippen molar-refractivity contribution in [2.75, 3.05) is 6.54 Å². The maximum absolute atomic E-state index is 12.8. The molecule has 0 fully saturated rings. The second-order valence-corrected chi connectivity index (χ2v) is 7.89. The molecule has 0 saturated heterocycles. The average Bonchev–Trinajstić information content (AvgIpc) is 2.94. The van der Waals surface area contributed by atoms with Crippen LogP contribution in [0.1, 0.15) is 29.3 Å². The zero-order valence-electron chi connectivity index (χ0n) is 13.7. The highest BCUT2D eigenvalue weighted by molar-refractivity contribution is 6.31. The third-order valence-electron chi connectivity index (χ3n) is 5.71. The van der Waals surface area contributed by atoms with E-state index in [1.807, 2.05) is 35.2 Å². The molecule has 1 aromatic heterocycles. The van der Waals surface area contributed by atoms with Crippen molar-refractivity contribution in [1.82, 2.24) is 9.88 Å². The van der Waals surface area contributed by atoms with Gasteiger partial charge in [0.05, 0.1) is 6.42 Å². The zero-order valence-corrected chi connectivity index (χ0v) is 15.2. The standard InChI is InChI=1S/C20H16Cl2N2O/c1-20-16-4-2-12(21)8-11(16)9-18(25)24(20)7-6-14-15-10-13(22)3-5-17(15)23-19(14)20/h2-5,8,10,23H,6-7,9H2,1H3. The molecule has 1 unspecified atom stereocenters. The molecule has 1 amide bonds. The predicted octanol–water partition coefficient (Wildman–Crippen LogP) is 4.68. The summed E-state index contributed by atoms with van der Waals surface area (Å²) in [6.45, 7) is 2.84. The van der Waals surface area contributed by atoms with Crippen LogP contribution in [0.15, 0.2) is 36.4 Å². The number of aromatic nitrogens is 1. The summed E-state index contributed by atoms with van der Waals surface area (Å²) in [6, 6.07) is 11.8. The predicted molar refractivity (Wildman–Crippen MR) is 100 cm³/mol. The van der Waals surface area contributed by atoms with Gasteiger partial charge < -0.3 is 9.88 Å². The Kier molecular flexibility index (Phi) is 3.08. The first-order valence-corrected chi connectivity index (χ1v) is 9.14. The quantitative estimate of drug-likeness (QED) is 0.612. The third kappa shape index (κ3) is 1.97. The Morgan fingerprint density at radius 2 is 1.88 bits per heavy atom. The average molecular weight is 371 g/mol. The normalized spacial score (nSPS) is 21.9. The van der Waals surface area contributed by atoms with E-state index in [9.17, 15) is 4.79 Å². The Morgan fingerprint density at radius 3 is 2.72 bits per heavy atom. The molecule has 1 N–H and O–H groups in total. The molecule has 3 aromatic rings. The minimum Gasteiger partial charge on any atom is -0.356 e. The molecule has 5 heteroatoms. The molecule has 0 saturated carbocycles.